The highest BCUT2D eigenvalue weighted by atomic mass is 35.5. The van der Waals surface area contributed by atoms with E-state index in [9.17, 15) is 5.11 Å². The molecule has 0 saturated heterocycles. The second kappa shape index (κ2) is 4.19. The van der Waals surface area contributed by atoms with Crippen LogP contribution in [-0.2, 0) is 7.05 Å². The Hall–Kier alpha value is -1.72. The highest BCUT2D eigenvalue weighted by Gasteiger charge is 2.23. The summed E-state index contributed by atoms with van der Waals surface area (Å²) in [5.74, 6) is 1.61. The van der Waals surface area contributed by atoms with Crippen molar-refractivity contribution in [2.24, 2.45) is 7.05 Å². The first-order valence-electron chi connectivity index (χ1n) is 5.41. The molecule has 0 fully saturated rings. The van der Waals surface area contributed by atoms with Gasteiger partial charge >= 0.3 is 0 Å². The predicted octanol–water partition coefficient (Wildman–Crippen LogP) is 1.88. The van der Waals surface area contributed by atoms with E-state index in [2.05, 4.69) is 4.98 Å². The van der Waals surface area contributed by atoms with Gasteiger partial charge in [-0.3, -0.25) is 0 Å². The summed E-state index contributed by atoms with van der Waals surface area (Å²) >= 11 is 6.08. The minimum Gasteiger partial charge on any atom is -0.454 e. The van der Waals surface area contributed by atoms with Crippen LogP contribution in [0.2, 0.25) is 5.02 Å². The van der Waals surface area contributed by atoms with Crippen molar-refractivity contribution in [3.63, 3.8) is 0 Å². The highest BCUT2D eigenvalue weighted by molar-refractivity contribution is 6.32. The van der Waals surface area contributed by atoms with Crippen molar-refractivity contribution in [3.05, 3.63) is 40.9 Å². The topological polar surface area (TPSA) is 56.5 Å². The van der Waals surface area contributed by atoms with Crippen LogP contribution in [0.5, 0.6) is 11.5 Å². The average molecular weight is 267 g/mol. The Kier molecular flexibility index (Phi) is 2.65. The Bertz CT molecular complexity index is 597. The number of nitrogens with zero attached hydrogens (tertiary/aromatic N) is 2. The largest absolute Gasteiger partial charge is 0.454 e. The maximum absolute atomic E-state index is 10.3. The molecule has 18 heavy (non-hydrogen) atoms. The van der Waals surface area contributed by atoms with Crippen molar-refractivity contribution < 1.29 is 14.6 Å². The molecule has 5 nitrogen and oxygen atoms in total. The van der Waals surface area contributed by atoms with Gasteiger partial charge in [0.1, 0.15) is 11.9 Å². The van der Waals surface area contributed by atoms with Crippen LogP contribution in [0.15, 0.2) is 24.5 Å². The third-order valence-electron chi connectivity index (χ3n) is 2.87. The van der Waals surface area contributed by atoms with Gasteiger partial charge in [0.25, 0.3) is 0 Å². The lowest BCUT2D eigenvalue weighted by atomic mass is 10.1. The minimum atomic E-state index is -0.850. The molecular formula is C12H11ClN2O3. The van der Waals surface area contributed by atoms with Gasteiger partial charge in [-0.15, -0.1) is 0 Å². The molecular weight excluding hydrogens is 256 g/mol. The lowest BCUT2D eigenvalue weighted by molar-refractivity contribution is 0.173. The lowest BCUT2D eigenvalue weighted by Crippen LogP contribution is -2.07. The molecule has 1 aliphatic rings. The summed E-state index contributed by atoms with van der Waals surface area (Å²) in [5.41, 5.74) is 0.624. The van der Waals surface area contributed by atoms with Crippen LogP contribution < -0.4 is 9.47 Å². The molecule has 0 radical (unpaired) electrons. The number of hydrogen-bond acceptors (Lipinski definition) is 4. The van der Waals surface area contributed by atoms with E-state index in [0.29, 0.717) is 27.9 Å². The number of rotatable bonds is 2. The van der Waals surface area contributed by atoms with E-state index >= 15 is 0 Å². The van der Waals surface area contributed by atoms with Gasteiger partial charge in [0, 0.05) is 19.4 Å². The summed E-state index contributed by atoms with van der Waals surface area (Å²) in [6.07, 6.45) is 2.55. The van der Waals surface area contributed by atoms with Crippen molar-refractivity contribution in [1.82, 2.24) is 9.55 Å². The van der Waals surface area contributed by atoms with E-state index in [1.807, 2.05) is 7.05 Å². The normalized spacial score (nSPS) is 14.8. The molecule has 0 bridgehead atoms. The van der Waals surface area contributed by atoms with E-state index in [1.54, 1.807) is 29.1 Å². The third-order valence-corrected chi connectivity index (χ3v) is 3.15. The van der Waals surface area contributed by atoms with E-state index in [-0.39, 0.29) is 6.79 Å². The van der Waals surface area contributed by atoms with Crippen LogP contribution in [0.3, 0.4) is 0 Å². The predicted molar refractivity (Wildman–Crippen MR) is 64.8 cm³/mol. The van der Waals surface area contributed by atoms with Crippen LogP contribution in [0.4, 0.5) is 0 Å². The molecule has 1 aromatic carbocycles. The van der Waals surface area contributed by atoms with E-state index in [0.717, 1.165) is 0 Å². The SMILES string of the molecule is Cn1ccnc1C(O)c1cc(Cl)c2c(c1)OCO2. The fraction of sp³-hybridized carbons (Fsp3) is 0.250. The molecule has 2 aromatic rings. The average Bonchev–Trinajstić information content (AvgIpc) is 2.96. The number of aromatic nitrogens is 2. The quantitative estimate of drug-likeness (QED) is 0.902. The number of hydrogen-bond donors (Lipinski definition) is 1. The van der Waals surface area contributed by atoms with Crippen LogP contribution in [0, 0.1) is 0 Å². The van der Waals surface area contributed by atoms with Crippen molar-refractivity contribution in [3.8, 4) is 11.5 Å². The second-order valence-corrected chi connectivity index (χ2v) is 4.44. The van der Waals surface area contributed by atoms with Crippen molar-refractivity contribution in [2.75, 3.05) is 6.79 Å². The van der Waals surface area contributed by atoms with Crippen molar-refractivity contribution in [2.45, 2.75) is 6.10 Å². The summed E-state index contributed by atoms with van der Waals surface area (Å²) in [7, 11) is 1.82. The fourth-order valence-electron chi connectivity index (χ4n) is 1.93. The Balaban J connectivity index is 2.03. The maximum Gasteiger partial charge on any atom is 0.231 e. The number of halogens is 1. The zero-order valence-corrected chi connectivity index (χ0v) is 10.4. The van der Waals surface area contributed by atoms with Gasteiger partial charge in [-0.05, 0) is 17.7 Å². The van der Waals surface area contributed by atoms with E-state index in [1.165, 1.54) is 0 Å². The Morgan fingerprint density at radius 2 is 2.28 bits per heavy atom. The van der Waals surface area contributed by atoms with Crippen molar-refractivity contribution in [1.29, 1.82) is 0 Å². The lowest BCUT2D eigenvalue weighted by Gasteiger charge is -2.12. The minimum absolute atomic E-state index is 0.150. The monoisotopic (exact) mass is 266 g/mol. The van der Waals surface area contributed by atoms with Gasteiger partial charge in [-0.1, -0.05) is 11.6 Å². The van der Waals surface area contributed by atoms with Crippen LogP contribution in [0.25, 0.3) is 0 Å². The number of benzene rings is 1. The molecule has 6 heteroatoms. The third kappa shape index (κ3) is 1.72. The number of aryl methyl sites for hydroxylation is 1. The number of aliphatic hydroxyl groups is 1. The zero-order valence-electron chi connectivity index (χ0n) is 9.63. The maximum atomic E-state index is 10.3. The van der Waals surface area contributed by atoms with E-state index < -0.39 is 6.10 Å². The molecule has 1 aromatic heterocycles. The summed E-state index contributed by atoms with van der Waals surface area (Å²) in [6.45, 7) is 0.150. The Morgan fingerprint density at radius 3 is 3.00 bits per heavy atom. The first-order chi connectivity index (χ1) is 8.66. The van der Waals surface area contributed by atoms with Crippen LogP contribution >= 0.6 is 11.6 Å². The second-order valence-electron chi connectivity index (χ2n) is 4.04. The van der Waals surface area contributed by atoms with E-state index in [4.69, 9.17) is 21.1 Å². The van der Waals surface area contributed by atoms with Gasteiger partial charge in [0.05, 0.1) is 5.02 Å². The smallest absolute Gasteiger partial charge is 0.231 e. The number of ether oxygens (including phenoxy) is 2. The molecule has 1 aliphatic heterocycles. The Labute approximate surface area is 109 Å². The Morgan fingerprint density at radius 1 is 1.44 bits per heavy atom. The molecule has 0 aliphatic carbocycles. The molecule has 1 atom stereocenters. The molecule has 3 rings (SSSR count). The standard InChI is InChI=1S/C12H11ClN2O3/c1-15-3-2-14-12(15)10(16)7-4-8(13)11-9(5-7)17-6-18-11/h2-5,10,16H,6H2,1H3. The first kappa shape index (κ1) is 11.4. The molecule has 1 N–H and O–H groups in total. The zero-order chi connectivity index (χ0) is 12.7. The summed E-state index contributed by atoms with van der Waals surface area (Å²) in [5, 5.41) is 10.7. The fourth-order valence-corrected chi connectivity index (χ4v) is 2.21. The molecule has 0 spiro atoms. The van der Waals surface area contributed by atoms with Crippen LogP contribution in [0.1, 0.15) is 17.5 Å². The molecule has 2 heterocycles. The van der Waals surface area contributed by atoms with Crippen LogP contribution in [-0.4, -0.2) is 21.5 Å². The summed E-state index contributed by atoms with van der Waals surface area (Å²) in [6, 6.07) is 3.38. The molecule has 1 unspecified atom stereocenters. The molecule has 0 saturated carbocycles. The number of fused-ring (bicyclic) bond motifs is 1. The summed E-state index contributed by atoms with van der Waals surface area (Å²) in [4.78, 5) is 4.11. The molecule has 94 valence electrons. The summed E-state index contributed by atoms with van der Waals surface area (Å²) < 4.78 is 12.2. The van der Waals surface area contributed by atoms with Gasteiger partial charge in [0.15, 0.2) is 11.5 Å². The highest BCUT2D eigenvalue weighted by Crippen LogP contribution is 2.41. The van der Waals surface area contributed by atoms with Crippen molar-refractivity contribution >= 4 is 11.6 Å². The number of imidazole rings is 1. The first-order valence-corrected chi connectivity index (χ1v) is 5.79. The van der Waals surface area contributed by atoms with Gasteiger partial charge in [-0.25, -0.2) is 4.98 Å². The molecule has 0 amide bonds. The number of aliphatic hydroxyl groups excluding tert-OH is 1. The van der Waals surface area contributed by atoms with Gasteiger partial charge in [-0.2, -0.15) is 0 Å². The van der Waals surface area contributed by atoms with Gasteiger partial charge in [0.2, 0.25) is 6.79 Å². The van der Waals surface area contributed by atoms with Gasteiger partial charge < -0.3 is 19.1 Å².